The molecule has 1 aromatic carbocycles. The Kier molecular flexibility index (Phi) is 6.03. The van der Waals surface area contributed by atoms with E-state index in [1.54, 1.807) is 6.08 Å². The number of carbonyl (C=O) groups excluding carboxylic acids is 2. The Hall–Kier alpha value is -2.88. The summed E-state index contributed by atoms with van der Waals surface area (Å²) in [5, 5.41) is 0. The summed E-state index contributed by atoms with van der Waals surface area (Å²) < 4.78 is 11.4. The number of hydrogen-bond acceptors (Lipinski definition) is 4. The highest BCUT2D eigenvalue weighted by atomic mass is 16.5. The summed E-state index contributed by atoms with van der Waals surface area (Å²) in [6.07, 6.45) is 12.7. The second kappa shape index (κ2) is 8.86. The van der Waals surface area contributed by atoms with Gasteiger partial charge in [-0.3, -0.25) is 9.59 Å². The van der Waals surface area contributed by atoms with E-state index in [1.807, 2.05) is 62.4 Å². The molecule has 1 heterocycles. The maximum atomic E-state index is 13.3. The maximum Gasteiger partial charge on any atom is 0.310 e. The van der Waals surface area contributed by atoms with Crippen LogP contribution in [0, 0.1) is 23.7 Å². The molecule has 4 nitrogen and oxygen atoms in total. The number of carbonyl (C=O) groups is 2. The molecule has 1 saturated heterocycles. The van der Waals surface area contributed by atoms with E-state index in [-0.39, 0.29) is 29.5 Å². The highest BCUT2D eigenvalue weighted by Gasteiger charge is 2.52. The molecule has 1 aliphatic heterocycles. The van der Waals surface area contributed by atoms with Crippen LogP contribution in [0.25, 0.3) is 6.08 Å². The molecule has 1 fully saturated rings. The summed E-state index contributed by atoms with van der Waals surface area (Å²) in [5.74, 6) is -0.243. The number of benzene rings is 1. The second-order valence-electron chi connectivity index (χ2n) is 8.15. The lowest BCUT2D eigenvalue weighted by Crippen LogP contribution is -2.41. The van der Waals surface area contributed by atoms with Gasteiger partial charge in [0.05, 0.1) is 18.4 Å². The van der Waals surface area contributed by atoms with E-state index >= 15 is 0 Å². The van der Waals surface area contributed by atoms with Gasteiger partial charge in [-0.1, -0.05) is 61.1 Å². The van der Waals surface area contributed by atoms with Gasteiger partial charge in [-0.2, -0.15) is 0 Å². The Bertz CT molecular complexity index is 935. The molecule has 4 unspecified atom stereocenters. The SMILES string of the molecule is CCOC(=O)C1C(C)C=C2O/C(=C/C=C/c3ccccc3)C(=O)C2C1C1=CCCC1. The van der Waals surface area contributed by atoms with Crippen LogP contribution in [0.4, 0.5) is 0 Å². The summed E-state index contributed by atoms with van der Waals surface area (Å²) in [4.78, 5) is 26.2. The molecule has 0 bridgehead atoms. The van der Waals surface area contributed by atoms with E-state index < -0.39 is 5.92 Å². The van der Waals surface area contributed by atoms with Crippen LogP contribution >= 0.6 is 0 Å². The quantitative estimate of drug-likeness (QED) is 0.383. The number of ether oxygens (including phenoxy) is 2. The molecule has 2 aliphatic carbocycles. The molecule has 4 rings (SSSR count). The summed E-state index contributed by atoms with van der Waals surface area (Å²) in [7, 11) is 0. The molecule has 0 N–H and O–H groups in total. The van der Waals surface area contributed by atoms with Crippen LogP contribution < -0.4 is 0 Å². The van der Waals surface area contributed by atoms with Crippen molar-refractivity contribution in [2.45, 2.75) is 33.1 Å². The van der Waals surface area contributed by atoms with E-state index in [9.17, 15) is 9.59 Å². The zero-order valence-corrected chi connectivity index (χ0v) is 17.5. The van der Waals surface area contributed by atoms with Gasteiger partial charge in [0, 0.05) is 5.92 Å². The number of fused-ring (bicyclic) bond motifs is 1. The number of hydrogen-bond donors (Lipinski definition) is 0. The van der Waals surface area contributed by atoms with Crippen molar-refractivity contribution in [3.05, 3.63) is 77.3 Å². The van der Waals surface area contributed by atoms with Crippen molar-refractivity contribution in [3.63, 3.8) is 0 Å². The first-order valence-corrected chi connectivity index (χ1v) is 10.8. The van der Waals surface area contributed by atoms with Gasteiger partial charge in [0.1, 0.15) is 5.76 Å². The summed E-state index contributed by atoms with van der Waals surface area (Å²) in [5.41, 5.74) is 2.26. The smallest absolute Gasteiger partial charge is 0.310 e. The van der Waals surface area contributed by atoms with Gasteiger partial charge in [-0.15, -0.1) is 0 Å². The largest absolute Gasteiger partial charge is 0.466 e. The molecule has 3 aliphatic rings. The van der Waals surface area contributed by atoms with Crippen LogP contribution in [-0.2, 0) is 19.1 Å². The van der Waals surface area contributed by atoms with Gasteiger partial charge in [-0.05, 0) is 49.8 Å². The van der Waals surface area contributed by atoms with Gasteiger partial charge in [-0.25, -0.2) is 0 Å². The molecule has 4 heteroatoms. The number of rotatable bonds is 5. The minimum atomic E-state index is -0.434. The van der Waals surface area contributed by atoms with E-state index in [0.29, 0.717) is 18.1 Å². The fourth-order valence-corrected chi connectivity index (χ4v) is 4.87. The van der Waals surface area contributed by atoms with Crippen molar-refractivity contribution < 1.29 is 19.1 Å². The minimum absolute atomic E-state index is 0.0436. The lowest BCUT2D eigenvalue weighted by Gasteiger charge is -2.36. The Morgan fingerprint density at radius 3 is 2.77 bits per heavy atom. The number of ketones is 1. The second-order valence-corrected chi connectivity index (χ2v) is 8.15. The van der Waals surface area contributed by atoms with Gasteiger partial charge in [0.2, 0.25) is 5.78 Å². The van der Waals surface area contributed by atoms with E-state index in [0.717, 1.165) is 24.8 Å². The number of esters is 1. The van der Waals surface area contributed by atoms with Crippen molar-refractivity contribution in [2.75, 3.05) is 6.61 Å². The lowest BCUT2D eigenvalue weighted by atomic mass is 9.66. The van der Waals surface area contributed by atoms with Crippen LogP contribution in [-0.4, -0.2) is 18.4 Å². The van der Waals surface area contributed by atoms with Crippen LogP contribution in [0.15, 0.2) is 71.7 Å². The molecule has 0 aromatic heterocycles. The Morgan fingerprint density at radius 1 is 1.27 bits per heavy atom. The Labute approximate surface area is 178 Å². The third-order valence-corrected chi connectivity index (χ3v) is 6.20. The summed E-state index contributed by atoms with van der Waals surface area (Å²) in [6, 6.07) is 9.92. The molecule has 0 spiro atoms. The van der Waals surface area contributed by atoms with Crippen molar-refractivity contribution in [3.8, 4) is 0 Å². The predicted octanol–water partition coefficient (Wildman–Crippen LogP) is 5.24. The highest BCUT2D eigenvalue weighted by molar-refractivity contribution is 6.01. The van der Waals surface area contributed by atoms with E-state index in [1.165, 1.54) is 5.57 Å². The van der Waals surface area contributed by atoms with Crippen LogP contribution in [0.2, 0.25) is 0 Å². The molecule has 1 aromatic rings. The summed E-state index contributed by atoms with van der Waals surface area (Å²) >= 11 is 0. The average Bonchev–Trinajstić information content (AvgIpc) is 3.37. The molecule has 0 radical (unpaired) electrons. The topological polar surface area (TPSA) is 52.6 Å². The minimum Gasteiger partial charge on any atom is -0.466 e. The molecule has 30 heavy (non-hydrogen) atoms. The van der Waals surface area contributed by atoms with Gasteiger partial charge >= 0.3 is 5.97 Å². The Balaban J connectivity index is 1.64. The number of Topliss-reactive ketones (excluding diaryl/α,β-unsaturated/α-hetero) is 1. The first kappa shape index (κ1) is 20.4. The molecule has 0 amide bonds. The normalized spacial score (nSPS) is 29.5. The van der Waals surface area contributed by atoms with E-state index in [4.69, 9.17) is 9.47 Å². The summed E-state index contributed by atoms with van der Waals surface area (Å²) in [6.45, 7) is 4.17. The van der Waals surface area contributed by atoms with Gasteiger partial charge in [0.15, 0.2) is 5.76 Å². The lowest BCUT2D eigenvalue weighted by molar-refractivity contribution is -0.152. The first-order valence-electron chi connectivity index (χ1n) is 10.8. The van der Waals surface area contributed by atoms with Gasteiger partial charge in [0.25, 0.3) is 0 Å². The highest BCUT2D eigenvalue weighted by Crippen LogP contribution is 2.50. The molecule has 156 valence electrons. The fraction of sp³-hybridized carbons (Fsp3) is 0.385. The zero-order valence-electron chi connectivity index (χ0n) is 17.5. The first-order chi connectivity index (χ1) is 14.6. The van der Waals surface area contributed by atoms with Crippen LogP contribution in [0.5, 0.6) is 0 Å². The fourth-order valence-electron chi connectivity index (χ4n) is 4.87. The third kappa shape index (κ3) is 3.91. The third-order valence-electron chi connectivity index (χ3n) is 6.20. The zero-order chi connectivity index (χ0) is 21.1. The molecular formula is C26H28O4. The van der Waals surface area contributed by atoms with Crippen molar-refractivity contribution in [1.82, 2.24) is 0 Å². The van der Waals surface area contributed by atoms with Crippen molar-refractivity contribution >= 4 is 17.8 Å². The standard InChI is InChI=1S/C26H28O4/c1-3-29-26(28)22-17(2)16-21-24(23(22)19-13-7-8-14-19)25(27)20(30-21)15-9-12-18-10-5-4-6-11-18/h4-6,9-13,15-17,22-24H,3,7-8,14H2,1-2H3/b12-9+,20-15+. The Morgan fingerprint density at radius 2 is 2.07 bits per heavy atom. The van der Waals surface area contributed by atoms with Crippen molar-refractivity contribution in [2.24, 2.45) is 23.7 Å². The van der Waals surface area contributed by atoms with E-state index in [2.05, 4.69) is 6.08 Å². The average molecular weight is 405 g/mol. The number of allylic oxidation sites excluding steroid dienone is 7. The van der Waals surface area contributed by atoms with Crippen LogP contribution in [0.3, 0.4) is 0 Å². The maximum absolute atomic E-state index is 13.3. The van der Waals surface area contributed by atoms with Gasteiger partial charge < -0.3 is 9.47 Å². The van der Waals surface area contributed by atoms with Crippen LogP contribution in [0.1, 0.15) is 38.7 Å². The van der Waals surface area contributed by atoms with Crippen molar-refractivity contribution in [1.29, 1.82) is 0 Å². The molecule has 4 atom stereocenters. The monoisotopic (exact) mass is 404 g/mol. The predicted molar refractivity (Wildman–Crippen MR) is 116 cm³/mol. The molecule has 0 saturated carbocycles. The molecular weight excluding hydrogens is 376 g/mol.